The van der Waals surface area contributed by atoms with Gasteiger partial charge in [0.05, 0.1) is 6.61 Å². The first-order valence-electron chi connectivity index (χ1n) is 4.08. The van der Waals surface area contributed by atoms with E-state index >= 15 is 0 Å². The minimum Gasteiger partial charge on any atom is -0.477 e. The second-order valence-corrected chi connectivity index (χ2v) is 3.38. The van der Waals surface area contributed by atoms with Crippen LogP contribution in [0, 0.1) is 0 Å². The van der Waals surface area contributed by atoms with Gasteiger partial charge in [0.25, 0.3) is 0 Å². The average molecular weight is 210 g/mol. The highest BCUT2D eigenvalue weighted by Crippen LogP contribution is 2.06. The number of benzene rings is 1. The number of aliphatic carboxylic acids is 1. The molecule has 1 aromatic carbocycles. The van der Waals surface area contributed by atoms with E-state index in [1.54, 1.807) is 24.3 Å². The third kappa shape index (κ3) is 2.90. The number of aliphatic hydroxyl groups excluding tert-OH is 1. The van der Waals surface area contributed by atoms with E-state index in [1.165, 1.54) is 0 Å². The number of rotatable bonds is 4. The van der Waals surface area contributed by atoms with Gasteiger partial charge in [-0.3, -0.25) is 0 Å². The van der Waals surface area contributed by atoms with Crippen molar-refractivity contribution in [2.75, 3.05) is 0 Å². The quantitative estimate of drug-likeness (QED) is 0.732. The average Bonchev–Trinajstić information content (AvgIpc) is 2.18. The van der Waals surface area contributed by atoms with E-state index in [0.717, 1.165) is 11.1 Å². The Labute approximate surface area is 87.0 Å². The largest absolute Gasteiger partial charge is 0.477 e. The zero-order valence-electron chi connectivity index (χ0n) is 7.43. The number of thiocarbonyl (C=S) groups is 1. The lowest BCUT2D eigenvalue weighted by Gasteiger charge is -2.01. The molecule has 0 spiro atoms. The van der Waals surface area contributed by atoms with Gasteiger partial charge in [0, 0.05) is 6.42 Å². The first-order valence-corrected chi connectivity index (χ1v) is 4.49. The molecule has 0 bridgehead atoms. The Morgan fingerprint density at radius 3 is 2.57 bits per heavy atom. The summed E-state index contributed by atoms with van der Waals surface area (Å²) < 4.78 is 0. The van der Waals surface area contributed by atoms with Crippen molar-refractivity contribution in [2.45, 2.75) is 13.0 Å². The topological polar surface area (TPSA) is 57.5 Å². The van der Waals surface area contributed by atoms with Crippen molar-refractivity contribution in [1.82, 2.24) is 0 Å². The van der Waals surface area contributed by atoms with Crippen LogP contribution in [0.2, 0.25) is 0 Å². The van der Waals surface area contributed by atoms with E-state index in [0.29, 0.717) is 0 Å². The van der Waals surface area contributed by atoms with Crippen molar-refractivity contribution in [1.29, 1.82) is 0 Å². The smallest absolute Gasteiger partial charge is 0.342 e. The molecule has 4 heteroatoms. The minimum atomic E-state index is -1.06. The second-order valence-electron chi connectivity index (χ2n) is 2.88. The van der Waals surface area contributed by atoms with E-state index < -0.39 is 5.97 Å². The fourth-order valence-electron chi connectivity index (χ4n) is 1.10. The molecule has 0 atom stereocenters. The molecule has 14 heavy (non-hydrogen) atoms. The number of hydrogen-bond acceptors (Lipinski definition) is 3. The lowest BCUT2D eigenvalue weighted by atomic mass is 10.1. The summed E-state index contributed by atoms with van der Waals surface area (Å²) in [5.41, 5.74) is 1.57. The predicted octanol–water partition coefficient (Wildman–Crippen LogP) is 1.18. The van der Waals surface area contributed by atoms with E-state index in [2.05, 4.69) is 12.2 Å². The van der Waals surface area contributed by atoms with Crippen LogP contribution in [-0.2, 0) is 17.8 Å². The summed E-state index contributed by atoms with van der Waals surface area (Å²) in [6, 6.07) is 7.07. The van der Waals surface area contributed by atoms with Gasteiger partial charge in [-0.25, -0.2) is 4.79 Å². The fourth-order valence-corrected chi connectivity index (χ4v) is 1.27. The molecular formula is C10H10O3S. The van der Waals surface area contributed by atoms with Crippen molar-refractivity contribution in [3.8, 4) is 0 Å². The first kappa shape index (κ1) is 10.8. The lowest BCUT2D eigenvalue weighted by Crippen LogP contribution is -2.12. The number of hydrogen-bond donors (Lipinski definition) is 2. The minimum absolute atomic E-state index is 0.0138. The second kappa shape index (κ2) is 4.83. The molecule has 74 valence electrons. The molecular weight excluding hydrogens is 200 g/mol. The Kier molecular flexibility index (Phi) is 3.73. The third-order valence-corrected chi connectivity index (χ3v) is 2.10. The highest BCUT2D eigenvalue weighted by atomic mass is 32.1. The van der Waals surface area contributed by atoms with Crippen LogP contribution >= 0.6 is 12.2 Å². The Hall–Kier alpha value is -1.26. The molecule has 1 rings (SSSR count). The Bertz CT molecular complexity index is 360. The zero-order chi connectivity index (χ0) is 10.6. The first-order chi connectivity index (χ1) is 6.63. The van der Waals surface area contributed by atoms with Crippen molar-refractivity contribution < 1.29 is 15.0 Å². The van der Waals surface area contributed by atoms with Crippen LogP contribution in [0.5, 0.6) is 0 Å². The molecule has 0 saturated carbocycles. The Morgan fingerprint density at radius 1 is 1.36 bits per heavy atom. The van der Waals surface area contributed by atoms with E-state index in [4.69, 9.17) is 10.2 Å². The monoisotopic (exact) mass is 210 g/mol. The summed E-state index contributed by atoms with van der Waals surface area (Å²) in [4.78, 5) is 10.5. The van der Waals surface area contributed by atoms with Gasteiger partial charge in [-0.1, -0.05) is 36.5 Å². The van der Waals surface area contributed by atoms with Crippen LogP contribution in [-0.4, -0.2) is 21.0 Å². The van der Waals surface area contributed by atoms with E-state index in [9.17, 15) is 4.79 Å². The number of aliphatic hydroxyl groups is 1. The fraction of sp³-hybridized carbons (Fsp3) is 0.200. The van der Waals surface area contributed by atoms with Crippen molar-refractivity contribution in [2.24, 2.45) is 0 Å². The Morgan fingerprint density at radius 2 is 2.00 bits per heavy atom. The SMILES string of the molecule is O=C(O)C(=S)Cc1cccc(CO)c1. The van der Waals surface area contributed by atoms with Gasteiger partial charge in [0.2, 0.25) is 0 Å². The molecule has 0 heterocycles. The molecule has 0 aliphatic rings. The van der Waals surface area contributed by atoms with Gasteiger partial charge < -0.3 is 10.2 Å². The van der Waals surface area contributed by atoms with Gasteiger partial charge in [-0.05, 0) is 11.1 Å². The molecule has 3 nitrogen and oxygen atoms in total. The summed E-state index contributed by atoms with van der Waals surface area (Å²) >= 11 is 4.68. The highest BCUT2D eigenvalue weighted by Gasteiger charge is 2.07. The van der Waals surface area contributed by atoms with Crippen molar-refractivity contribution in [3.05, 3.63) is 35.4 Å². The van der Waals surface area contributed by atoms with Gasteiger partial charge in [0.1, 0.15) is 4.86 Å². The van der Waals surface area contributed by atoms with Crippen molar-refractivity contribution >= 4 is 23.1 Å². The summed E-state index contributed by atoms with van der Waals surface area (Å²) in [6.45, 7) is -0.0479. The maximum atomic E-state index is 10.5. The normalized spacial score (nSPS) is 9.79. The van der Waals surface area contributed by atoms with Crippen LogP contribution in [0.15, 0.2) is 24.3 Å². The highest BCUT2D eigenvalue weighted by molar-refractivity contribution is 7.82. The van der Waals surface area contributed by atoms with Gasteiger partial charge in [-0.15, -0.1) is 0 Å². The van der Waals surface area contributed by atoms with Crippen LogP contribution in [0.3, 0.4) is 0 Å². The number of carboxylic acid groups (broad SMARTS) is 1. The van der Waals surface area contributed by atoms with Crippen LogP contribution in [0.25, 0.3) is 0 Å². The molecule has 1 aromatic rings. The van der Waals surface area contributed by atoms with Crippen LogP contribution < -0.4 is 0 Å². The van der Waals surface area contributed by atoms with Crippen molar-refractivity contribution in [3.63, 3.8) is 0 Å². The molecule has 0 aromatic heterocycles. The van der Waals surface area contributed by atoms with Gasteiger partial charge in [-0.2, -0.15) is 0 Å². The molecule has 0 fully saturated rings. The number of carbonyl (C=O) groups is 1. The summed E-state index contributed by atoms with van der Waals surface area (Å²) in [5.74, 6) is -1.06. The van der Waals surface area contributed by atoms with Crippen LogP contribution in [0.4, 0.5) is 0 Å². The molecule has 0 radical (unpaired) electrons. The summed E-state index contributed by atoms with van der Waals surface area (Å²) in [6.07, 6.45) is 0.235. The molecule has 0 unspecified atom stereocenters. The molecule has 0 saturated heterocycles. The molecule has 0 amide bonds. The molecule has 0 aliphatic carbocycles. The Balaban J connectivity index is 2.76. The lowest BCUT2D eigenvalue weighted by molar-refractivity contribution is -0.129. The summed E-state index contributed by atoms with van der Waals surface area (Å²) in [7, 11) is 0. The predicted molar refractivity (Wildman–Crippen MR) is 56.3 cm³/mol. The van der Waals surface area contributed by atoms with Crippen LogP contribution in [0.1, 0.15) is 11.1 Å². The van der Waals surface area contributed by atoms with E-state index in [1.807, 2.05) is 0 Å². The standard InChI is InChI=1S/C10H10O3S/c11-6-8-3-1-2-7(4-8)5-9(14)10(12)13/h1-4,11H,5-6H2,(H,12,13). The van der Waals surface area contributed by atoms with E-state index in [-0.39, 0.29) is 17.9 Å². The van der Waals surface area contributed by atoms with Gasteiger partial charge >= 0.3 is 5.97 Å². The van der Waals surface area contributed by atoms with Gasteiger partial charge in [0.15, 0.2) is 0 Å². The zero-order valence-corrected chi connectivity index (χ0v) is 8.25. The number of carboxylic acids is 1. The summed E-state index contributed by atoms with van der Waals surface area (Å²) in [5, 5.41) is 17.4. The third-order valence-electron chi connectivity index (χ3n) is 1.78. The molecule has 2 N–H and O–H groups in total. The maximum absolute atomic E-state index is 10.5. The molecule has 0 aliphatic heterocycles. The maximum Gasteiger partial charge on any atom is 0.342 e.